The predicted octanol–water partition coefficient (Wildman–Crippen LogP) is 3.36. The molecule has 1 aliphatic heterocycles. The molecule has 1 fully saturated rings. The highest BCUT2D eigenvalue weighted by Crippen LogP contribution is 2.27. The van der Waals surface area contributed by atoms with Crippen LogP contribution in [0.15, 0.2) is 73.3 Å². The van der Waals surface area contributed by atoms with Crippen molar-refractivity contribution in [2.45, 2.75) is 19.3 Å². The first-order valence-corrected chi connectivity index (χ1v) is 11.7. The average molecular weight is 469 g/mol. The number of nitrogens with zero attached hydrogens (tertiary/aromatic N) is 4. The molecule has 4 aromatic rings. The number of rotatable bonds is 5. The van der Waals surface area contributed by atoms with E-state index in [0.29, 0.717) is 24.5 Å². The van der Waals surface area contributed by atoms with Gasteiger partial charge in [0, 0.05) is 50.3 Å². The van der Waals surface area contributed by atoms with E-state index in [2.05, 4.69) is 20.6 Å². The summed E-state index contributed by atoms with van der Waals surface area (Å²) >= 11 is 0. The summed E-state index contributed by atoms with van der Waals surface area (Å²) in [4.78, 5) is 36.4. The number of hydrogen-bond acceptors (Lipinski definition) is 5. The van der Waals surface area contributed by atoms with Crippen LogP contribution in [0.3, 0.4) is 0 Å². The van der Waals surface area contributed by atoms with Crippen molar-refractivity contribution in [3.05, 3.63) is 84.4 Å². The van der Waals surface area contributed by atoms with E-state index in [4.69, 9.17) is 0 Å². The van der Waals surface area contributed by atoms with Gasteiger partial charge in [-0.3, -0.25) is 14.6 Å². The van der Waals surface area contributed by atoms with E-state index in [0.717, 1.165) is 35.4 Å². The largest absolute Gasteiger partial charge is 0.339 e. The van der Waals surface area contributed by atoms with Gasteiger partial charge in [-0.05, 0) is 66.9 Å². The number of carbonyl (C=O) groups is 2. The lowest BCUT2D eigenvalue weighted by Crippen LogP contribution is -2.51. The Labute approximate surface area is 204 Å². The van der Waals surface area contributed by atoms with Gasteiger partial charge in [0.2, 0.25) is 5.91 Å². The summed E-state index contributed by atoms with van der Waals surface area (Å²) in [5.41, 5.74) is 3.55. The second-order valence-electron chi connectivity index (χ2n) is 9.24. The van der Waals surface area contributed by atoms with E-state index >= 15 is 0 Å². The molecule has 178 valence electrons. The lowest BCUT2D eigenvalue weighted by atomic mass is 9.82. The van der Waals surface area contributed by atoms with Crippen LogP contribution in [-0.4, -0.2) is 57.3 Å². The van der Waals surface area contributed by atoms with Gasteiger partial charge < -0.3 is 19.9 Å². The van der Waals surface area contributed by atoms with Crippen LogP contribution in [0.5, 0.6) is 0 Å². The number of nitrogens with one attached hydrogen (secondary N) is 2. The molecule has 8 nitrogen and oxygen atoms in total. The molecule has 5 rings (SSSR count). The highest BCUT2D eigenvalue weighted by Gasteiger charge is 2.34. The van der Waals surface area contributed by atoms with Crippen molar-refractivity contribution in [3.8, 4) is 11.1 Å². The van der Waals surface area contributed by atoms with Gasteiger partial charge in [-0.25, -0.2) is 4.98 Å². The molecule has 1 saturated heterocycles. The summed E-state index contributed by atoms with van der Waals surface area (Å²) < 4.78 is 1.89. The maximum Gasteiger partial charge on any atom is 0.256 e. The van der Waals surface area contributed by atoms with Crippen LogP contribution in [-0.2, 0) is 10.2 Å². The molecule has 1 aliphatic rings. The topological polar surface area (TPSA) is 91.6 Å². The van der Waals surface area contributed by atoms with Gasteiger partial charge in [-0.15, -0.1) is 0 Å². The number of imidazole rings is 1. The fraction of sp³-hybridized carbons (Fsp3) is 0.259. The zero-order valence-electron chi connectivity index (χ0n) is 19.9. The van der Waals surface area contributed by atoms with E-state index in [9.17, 15) is 9.59 Å². The molecule has 0 radical (unpaired) electrons. The standard InChI is InChI=1S/C27H28N6O2/c1-27(2,26(35)32-15-13-29-14-16-32)22-6-3-20(4-7-22)25(34)31-23-18-33-17-21(5-8-24(33)30-23)19-9-11-28-12-10-19/h3-12,17-18,29H,13-16H2,1-2H3,(H,31,34). The second kappa shape index (κ2) is 9.31. The molecule has 0 saturated carbocycles. The Kier molecular flexibility index (Phi) is 6.05. The first-order chi connectivity index (χ1) is 16.9. The van der Waals surface area contributed by atoms with Crippen molar-refractivity contribution in [1.82, 2.24) is 24.6 Å². The van der Waals surface area contributed by atoms with Gasteiger partial charge in [0.05, 0.1) is 11.6 Å². The Hall–Kier alpha value is -4.04. The minimum absolute atomic E-state index is 0.104. The summed E-state index contributed by atoms with van der Waals surface area (Å²) in [6.45, 7) is 6.92. The summed E-state index contributed by atoms with van der Waals surface area (Å²) in [5.74, 6) is 0.327. The molecule has 0 spiro atoms. The normalized spacial score (nSPS) is 14.2. The van der Waals surface area contributed by atoms with Crippen LogP contribution in [0, 0.1) is 0 Å². The van der Waals surface area contributed by atoms with Crippen molar-refractivity contribution >= 4 is 23.3 Å². The van der Waals surface area contributed by atoms with Crippen molar-refractivity contribution in [2.75, 3.05) is 31.5 Å². The quantitative estimate of drug-likeness (QED) is 0.469. The fourth-order valence-corrected chi connectivity index (χ4v) is 4.38. The van der Waals surface area contributed by atoms with E-state index in [1.807, 2.05) is 65.7 Å². The number of hydrogen-bond donors (Lipinski definition) is 2. The number of aromatic nitrogens is 3. The fourth-order valence-electron chi connectivity index (χ4n) is 4.38. The smallest absolute Gasteiger partial charge is 0.256 e. The summed E-state index contributed by atoms with van der Waals surface area (Å²) in [6.07, 6.45) is 7.28. The van der Waals surface area contributed by atoms with E-state index < -0.39 is 5.41 Å². The maximum atomic E-state index is 13.1. The van der Waals surface area contributed by atoms with Crippen LogP contribution in [0.1, 0.15) is 29.8 Å². The second-order valence-corrected chi connectivity index (χ2v) is 9.24. The molecule has 0 bridgehead atoms. The van der Waals surface area contributed by atoms with Gasteiger partial charge in [-0.1, -0.05) is 12.1 Å². The van der Waals surface area contributed by atoms with Crippen LogP contribution >= 0.6 is 0 Å². The molecular weight excluding hydrogens is 440 g/mol. The SMILES string of the molecule is CC(C)(C(=O)N1CCNCC1)c1ccc(C(=O)Nc2cn3cc(-c4ccncc4)ccc3n2)cc1. The van der Waals surface area contributed by atoms with Gasteiger partial charge in [0.1, 0.15) is 5.65 Å². The maximum absolute atomic E-state index is 13.1. The lowest BCUT2D eigenvalue weighted by molar-refractivity contribution is -0.136. The molecule has 2 amide bonds. The predicted molar refractivity (Wildman–Crippen MR) is 135 cm³/mol. The third-order valence-electron chi connectivity index (χ3n) is 6.51. The zero-order valence-corrected chi connectivity index (χ0v) is 19.9. The molecule has 35 heavy (non-hydrogen) atoms. The van der Waals surface area contributed by atoms with Gasteiger partial charge in [0.25, 0.3) is 5.91 Å². The van der Waals surface area contributed by atoms with Crippen molar-refractivity contribution in [1.29, 1.82) is 0 Å². The lowest BCUT2D eigenvalue weighted by Gasteiger charge is -2.35. The van der Waals surface area contributed by atoms with Crippen molar-refractivity contribution in [2.24, 2.45) is 0 Å². The number of piperazine rings is 1. The van der Waals surface area contributed by atoms with Crippen molar-refractivity contribution in [3.63, 3.8) is 0 Å². The Morgan fingerprint density at radius 2 is 1.63 bits per heavy atom. The van der Waals surface area contributed by atoms with Gasteiger partial charge in [-0.2, -0.15) is 0 Å². The molecule has 0 atom stereocenters. The average Bonchev–Trinajstić information content (AvgIpc) is 3.30. The molecule has 3 aromatic heterocycles. The summed E-state index contributed by atoms with van der Waals surface area (Å²) in [6, 6.07) is 15.0. The number of amides is 2. The summed E-state index contributed by atoms with van der Waals surface area (Å²) in [7, 11) is 0. The molecule has 2 N–H and O–H groups in total. The van der Waals surface area contributed by atoms with Crippen LogP contribution in [0.25, 0.3) is 16.8 Å². The molecule has 4 heterocycles. The monoisotopic (exact) mass is 468 g/mol. The number of pyridine rings is 2. The van der Waals surface area contributed by atoms with E-state index in [-0.39, 0.29) is 11.8 Å². The number of carbonyl (C=O) groups excluding carboxylic acids is 2. The Morgan fingerprint density at radius 3 is 2.34 bits per heavy atom. The molecule has 1 aromatic carbocycles. The van der Waals surface area contributed by atoms with Gasteiger partial charge >= 0.3 is 0 Å². The Bertz CT molecular complexity index is 1360. The number of benzene rings is 1. The zero-order chi connectivity index (χ0) is 24.4. The third kappa shape index (κ3) is 4.65. The molecule has 0 aliphatic carbocycles. The van der Waals surface area contributed by atoms with Gasteiger partial charge in [0.15, 0.2) is 5.82 Å². The minimum atomic E-state index is -0.666. The van der Waals surface area contributed by atoms with Crippen LogP contribution in [0.4, 0.5) is 5.82 Å². The first kappa shape index (κ1) is 22.7. The van der Waals surface area contributed by atoms with Crippen LogP contribution in [0.2, 0.25) is 0 Å². The molecule has 8 heteroatoms. The number of anilines is 1. The Morgan fingerprint density at radius 1 is 0.914 bits per heavy atom. The Balaban J connectivity index is 1.29. The third-order valence-corrected chi connectivity index (χ3v) is 6.51. The minimum Gasteiger partial charge on any atom is -0.339 e. The summed E-state index contributed by atoms with van der Waals surface area (Å²) in [5, 5.41) is 6.15. The number of fused-ring (bicyclic) bond motifs is 1. The first-order valence-electron chi connectivity index (χ1n) is 11.7. The van der Waals surface area contributed by atoms with E-state index in [1.165, 1.54) is 0 Å². The van der Waals surface area contributed by atoms with E-state index in [1.54, 1.807) is 30.7 Å². The molecular formula is C27H28N6O2. The van der Waals surface area contributed by atoms with Crippen LogP contribution < -0.4 is 10.6 Å². The molecule has 0 unspecified atom stereocenters. The highest BCUT2D eigenvalue weighted by atomic mass is 16.2. The highest BCUT2D eigenvalue weighted by molar-refractivity contribution is 6.04. The van der Waals surface area contributed by atoms with Crippen molar-refractivity contribution < 1.29 is 9.59 Å².